The van der Waals surface area contributed by atoms with Crippen LogP contribution in [0.4, 0.5) is 13.2 Å². The highest BCUT2D eigenvalue weighted by atomic mass is 19.4. The van der Waals surface area contributed by atoms with Crippen LogP contribution in [0.5, 0.6) is 0 Å². The first kappa shape index (κ1) is 24.4. The number of alkyl halides is 3. The Balaban J connectivity index is 1.75. The molecule has 0 radical (unpaired) electrons. The Morgan fingerprint density at radius 3 is 2.61 bits per heavy atom. The zero-order chi connectivity index (χ0) is 24.2. The summed E-state index contributed by atoms with van der Waals surface area (Å²) in [6.07, 6.45) is 0.192. The van der Waals surface area contributed by atoms with Gasteiger partial charge in [0.05, 0.1) is 35.1 Å². The summed E-state index contributed by atoms with van der Waals surface area (Å²) < 4.78 is 38.6. The number of hydrogen-bond donors (Lipinski definition) is 2. The Labute approximate surface area is 191 Å². The third-order valence-corrected chi connectivity index (χ3v) is 5.61. The molecule has 0 unspecified atom stereocenters. The van der Waals surface area contributed by atoms with E-state index < -0.39 is 11.7 Å². The molecule has 3 rings (SSSR count). The van der Waals surface area contributed by atoms with Crippen LogP contribution in [0.15, 0.2) is 53.8 Å². The van der Waals surface area contributed by atoms with Crippen LogP contribution in [0, 0.1) is 5.92 Å². The maximum Gasteiger partial charge on any atom is 0.416 e. The van der Waals surface area contributed by atoms with Crippen molar-refractivity contribution in [3.05, 3.63) is 76.8 Å². The highest BCUT2D eigenvalue weighted by molar-refractivity contribution is 6.01. The number of aliphatic imine (C=N–C) groups is 1. The molecule has 3 N–H and O–H groups in total. The molecule has 0 spiro atoms. The van der Waals surface area contributed by atoms with Crippen molar-refractivity contribution in [2.24, 2.45) is 16.6 Å². The van der Waals surface area contributed by atoms with Crippen LogP contribution in [-0.4, -0.2) is 35.1 Å². The molecule has 0 bridgehead atoms. The van der Waals surface area contributed by atoms with Crippen molar-refractivity contribution in [2.75, 3.05) is 13.6 Å². The van der Waals surface area contributed by atoms with E-state index in [2.05, 4.69) is 34.0 Å². The summed E-state index contributed by atoms with van der Waals surface area (Å²) in [5, 5.41) is 2.81. The largest absolute Gasteiger partial charge is 0.416 e. The van der Waals surface area contributed by atoms with Crippen LogP contribution in [0.2, 0.25) is 0 Å². The molecule has 2 heterocycles. The summed E-state index contributed by atoms with van der Waals surface area (Å²) in [6, 6.07) is 7.08. The Hall–Kier alpha value is -3.20. The molecular formula is C24H28F3N5O. The van der Waals surface area contributed by atoms with Crippen LogP contribution >= 0.6 is 0 Å². The van der Waals surface area contributed by atoms with E-state index in [1.54, 1.807) is 19.3 Å². The van der Waals surface area contributed by atoms with Crippen molar-refractivity contribution < 1.29 is 18.0 Å². The van der Waals surface area contributed by atoms with Gasteiger partial charge in [-0.1, -0.05) is 26.0 Å². The fraction of sp³-hybridized carbons (Fsp3) is 0.375. The summed E-state index contributed by atoms with van der Waals surface area (Å²) in [5.74, 6) is -0.0293. The number of fused-ring (bicyclic) bond motifs is 1. The minimum atomic E-state index is -4.35. The average molecular weight is 460 g/mol. The van der Waals surface area contributed by atoms with E-state index in [1.165, 1.54) is 18.3 Å². The van der Waals surface area contributed by atoms with Crippen LogP contribution in [-0.2, 0) is 19.3 Å². The third kappa shape index (κ3) is 5.78. The van der Waals surface area contributed by atoms with Gasteiger partial charge in [-0.15, -0.1) is 0 Å². The van der Waals surface area contributed by atoms with E-state index in [0.717, 1.165) is 29.0 Å². The van der Waals surface area contributed by atoms with Crippen molar-refractivity contribution >= 4 is 11.6 Å². The number of pyridine rings is 1. The van der Waals surface area contributed by atoms with Crippen molar-refractivity contribution in [1.29, 1.82) is 0 Å². The fourth-order valence-electron chi connectivity index (χ4n) is 4.05. The normalized spacial score (nSPS) is 17.1. The molecule has 176 valence electrons. The minimum Gasteiger partial charge on any atom is -0.405 e. The van der Waals surface area contributed by atoms with E-state index in [-0.39, 0.29) is 24.4 Å². The molecule has 1 atom stereocenters. The summed E-state index contributed by atoms with van der Waals surface area (Å²) in [5.41, 5.74) is 8.44. The lowest BCUT2D eigenvalue weighted by molar-refractivity contribution is -0.137. The molecule has 2 aromatic rings. The molecule has 0 saturated heterocycles. The van der Waals surface area contributed by atoms with Crippen molar-refractivity contribution in [1.82, 2.24) is 15.2 Å². The number of rotatable bonds is 7. The first-order chi connectivity index (χ1) is 15.6. The van der Waals surface area contributed by atoms with Gasteiger partial charge >= 0.3 is 6.18 Å². The number of nitrogens with one attached hydrogen (secondary N) is 1. The summed E-state index contributed by atoms with van der Waals surface area (Å²) in [4.78, 5) is 23.4. The maximum atomic E-state index is 12.9. The number of carbonyl (C=O) groups is 1. The molecule has 1 aliphatic heterocycles. The number of aromatic nitrogens is 1. The standard InChI is InChI=1S/C24H28F3N5O/c1-15(2)22-21-18(10-17(11-30-21)23(33)31-12-20(29-3)8-9-28)14-32(22)13-16-4-6-19(7-5-16)24(25,26)27/h4-11,15,22H,12-14,28H2,1-3H3,(H,31,33)/t22-/m0/s1. The Bertz CT molecular complexity index is 1050. The Morgan fingerprint density at radius 1 is 1.33 bits per heavy atom. The van der Waals surface area contributed by atoms with Gasteiger partial charge in [0.25, 0.3) is 5.91 Å². The van der Waals surface area contributed by atoms with Gasteiger partial charge in [-0.25, -0.2) is 0 Å². The van der Waals surface area contributed by atoms with Crippen molar-refractivity contribution in [3.8, 4) is 0 Å². The highest BCUT2D eigenvalue weighted by Crippen LogP contribution is 2.39. The van der Waals surface area contributed by atoms with Crippen LogP contribution in [0.25, 0.3) is 0 Å². The zero-order valence-electron chi connectivity index (χ0n) is 18.9. The molecular weight excluding hydrogens is 431 g/mol. The zero-order valence-corrected chi connectivity index (χ0v) is 18.9. The molecule has 0 aliphatic carbocycles. The van der Waals surface area contributed by atoms with Gasteiger partial charge in [-0.3, -0.25) is 19.7 Å². The summed E-state index contributed by atoms with van der Waals surface area (Å²) >= 11 is 0. The van der Waals surface area contributed by atoms with E-state index in [1.807, 2.05) is 6.07 Å². The van der Waals surface area contributed by atoms with Gasteiger partial charge in [0.1, 0.15) is 0 Å². The van der Waals surface area contributed by atoms with Gasteiger partial charge in [0, 0.05) is 26.3 Å². The quantitative estimate of drug-likeness (QED) is 0.611. The molecule has 1 amide bonds. The smallest absolute Gasteiger partial charge is 0.405 e. The first-order valence-corrected chi connectivity index (χ1v) is 10.6. The SMILES string of the molecule is CN=C(C=CN)CNC(=O)c1cnc2c(c1)CN(Cc1ccc(C(F)(F)F)cc1)[C@H]2C(C)C. The van der Waals surface area contributed by atoms with Crippen LogP contribution in [0.1, 0.15) is 52.6 Å². The average Bonchev–Trinajstić information content (AvgIpc) is 3.13. The number of amides is 1. The molecule has 9 heteroatoms. The van der Waals surface area contributed by atoms with Crippen molar-refractivity contribution in [2.45, 2.75) is 39.2 Å². The van der Waals surface area contributed by atoms with Gasteiger partial charge in [0.15, 0.2) is 0 Å². The monoisotopic (exact) mass is 459 g/mol. The number of nitrogens with two attached hydrogens (primary N) is 1. The molecule has 1 aromatic carbocycles. The second kappa shape index (κ2) is 10.2. The maximum absolute atomic E-state index is 12.9. The van der Waals surface area contributed by atoms with Gasteiger partial charge < -0.3 is 11.1 Å². The summed E-state index contributed by atoms with van der Waals surface area (Å²) in [6.45, 7) is 5.46. The lowest BCUT2D eigenvalue weighted by atomic mass is 9.99. The van der Waals surface area contributed by atoms with Gasteiger partial charge in [-0.2, -0.15) is 13.2 Å². The molecule has 1 aliphatic rings. The van der Waals surface area contributed by atoms with E-state index in [4.69, 9.17) is 5.73 Å². The molecule has 0 saturated carbocycles. The lowest BCUT2D eigenvalue weighted by Gasteiger charge is -2.27. The Morgan fingerprint density at radius 2 is 2.03 bits per heavy atom. The number of hydrogen-bond acceptors (Lipinski definition) is 5. The highest BCUT2D eigenvalue weighted by Gasteiger charge is 2.35. The van der Waals surface area contributed by atoms with Crippen molar-refractivity contribution in [3.63, 3.8) is 0 Å². The van der Waals surface area contributed by atoms with E-state index in [0.29, 0.717) is 24.4 Å². The third-order valence-electron chi connectivity index (χ3n) is 5.61. The summed E-state index contributed by atoms with van der Waals surface area (Å²) in [7, 11) is 1.62. The molecule has 0 fully saturated rings. The fourth-order valence-corrected chi connectivity index (χ4v) is 4.05. The van der Waals surface area contributed by atoms with Gasteiger partial charge in [-0.05, 0) is 47.5 Å². The molecule has 1 aromatic heterocycles. The number of halogens is 3. The molecule has 6 nitrogen and oxygen atoms in total. The first-order valence-electron chi connectivity index (χ1n) is 10.6. The predicted molar refractivity (Wildman–Crippen MR) is 122 cm³/mol. The molecule has 33 heavy (non-hydrogen) atoms. The van der Waals surface area contributed by atoms with Gasteiger partial charge in [0.2, 0.25) is 0 Å². The number of nitrogens with zero attached hydrogens (tertiary/aromatic N) is 3. The number of carbonyl (C=O) groups excluding carboxylic acids is 1. The second-order valence-corrected chi connectivity index (χ2v) is 8.31. The predicted octanol–water partition coefficient (Wildman–Crippen LogP) is 4.09. The van der Waals surface area contributed by atoms with E-state index in [9.17, 15) is 18.0 Å². The second-order valence-electron chi connectivity index (χ2n) is 8.31. The topological polar surface area (TPSA) is 83.6 Å². The minimum absolute atomic E-state index is 0.00734. The van der Waals surface area contributed by atoms with Crippen LogP contribution < -0.4 is 11.1 Å². The van der Waals surface area contributed by atoms with E-state index >= 15 is 0 Å². The number of benzene rings is 1. The van der Waals surface area contributed by atoms with Crippen LogP contribution in [0.3, 0.4) is 0 Å². The Kier molecular flexibility index (Phi) is 7.53. The lowest BCUT2D eigenvalue weighted by Crippen LogP contribution is -2.29.